The average Bonchev–Trinajstić information content (AvgIpc) is 2.68. The Morgan fingerprint density at radius 3 is 2.33 bits per heavy atom. The van der Waals surface area contributed by atoms with E-state index < -0.39 is 0 Å². The van der Waals surface area contributed by atoms with Gasteiger partial charge in [-0.05, 0) is 48.5 Å². The summed E-state index contributed by atoms with van der Waals surface area (Å²) in [5.41, 5.74) is 4.01. The van der Waals surface area contributed by atoms with Crippen LogP contribution in [0.15, 0.2) is 67.0 Å². The standard InChI is InChI=1S/C21H19N5O/c1-26(2)16-9-7-15(8-10-16)24-21(27)25-18-13-14-5-3-11-22-19(14)17-6-4-12-23-20(17)18/h3-13H,1-2H3,(H2,24,25,27). The number of anilines is 3. The van der Waals surface area contributed by atoms with Crippen molar-refractivity contribution in [2.45, 2.75) is 0 Å². The molecule has 2 amide bonds. The third-order valence-corrected chi connectivity index (χ3v) is 4.35. The van der Waals surface area contributed by atoms with Crippen molar-refractivity contribution in [3.8, 4) is 0 Å². The van der Waals surface area contributed by atoms with Crippen LogP contribution in [0.25, 0.3) is 21.8 Å². The van der Waals surface area contributed by atoms with Gasteiger partial charge < -0.3 is 15.5 Å². The molecule has 0 saturated carbocycles. The van der Waals surface area contributed by atoms with Gasteiger partial charge in [-0.15, -0.1) is 0 Å². The van der Waals surface area contributed by atoms with Crippen molar-refractivity contribution in [1.29, 1.82) is 0 Å². The Morgan fingerprint density at radius 2 is 1.59 bits per heavy atom. The summed E-state index contributed by atoms with van der Waals surface area (Å²) < 4.78 is 0. The topological polar surface area (TPSA) is 70.2 Å². The molecule has 6 heteroatoms. The van der Waals surface area contributed by atoms with Crippen LogP contribution in [0.2, 0.25) is 0 Å². The van der Waals surface area contributed by atoms with E-state index in [0.29, 0.717) is 11.2 Å². The second-order valence-electron chi connectivity index (χ2n) is 6.42. The number of nitrogens with one attached hydrogen (secondary N) is 2. The zero-order valence-corrected chi connectivity index (χ0v) is 15.1. The van der Waals surface area contributed by atoms with Gasteiger partial charge in [0.25, 0.3) is 0 Å². The van der Waals surface area contributed by atoms with Gasteiger partial charge in [0, 0.05) is 48.6 Å². The number of rotatable bonds is 3. The molecule has 2 heterocycles. The molecule has 0 bridgehead atoms. The Labute approximate surface area is 156 Å². The summed E-state index contributed by atoms with van der Waals surface area (Å²) in [5, 5.41) is 7.62. The average molecular weight is 357 g/mol. The van der Waals surface area contributed by atoms with E-state index in [2.05, 4.69) is 20.6 Å². The molecule has 0 unspecified atom stereocenters. The Hall–Kier alpha value is -3.67. The highest BCUT2D eigenvalue weighted by Crippen LogP contribution is 2.29. The molecule has 4 rings (SSSR count). The molecule has 6 nitrogen and oxygen atoms in total. The summed E-state index contributed by atoms with van der Waals surface area (Å²) in [5.74, 6) is 0. The summed E-state index contributed by atoms with van der Waals surface area (Å²) in [6, 6.07) is 16.9. The minimum atomic E-state index is -0.317. The number of fused-ring (bicyclic) bond motifs is 3. The van der Waals surface area contributed by atoms with Gasteiger partial charge in [-0.1, -0.05) is 6.07 Å². The van der Waals surface area contributed by atoms with Gasteiger partial charge in [-0.3, -0.25) is 9.97 Å². The van der Waals surface area contributed by atoms with E-state index in [1.807, 2.05) is 73.6 Å². The molecule has 0 saturated heterocycles. The van der Waals surface area contributed by atoms with Gasteiger partial charge in [0.1, 0.15) is 0 Å². The van der Waals surface area contributed by atoms with E-state index in [-0.39, 0.29) is 6.03 Å². The van der Waals surface area contributed by atoms with Crippen molar-refractivity contribution >= 4 is 44.9 Å². The summed E-state index contributed by atoms with van der Waals surface area (Å²) >= 11 is 0. The van der Waals surface area contributed by atoms with Crippen LogP contribution >= 0.6 is 0 Å². The van der Waals surface area contributed by atoms with Crippen molar-refractivity contribution < 1.29 is 4.79 Å². The van der Waals surface area contributed by atoms with Crippen molar-refractivity contribution in [3.63, 3.8) is 0 Å². The third kappa shape index (κ3) is 3.37. The number of urea groups is 1. The maximum Gasteiger partial charge on any atom is 0.323 e. The summed E-state index contributed by atoms with van der Waals surface area (Å²) in [6.07, 6.45) is 3.46. The summed E-state index contributed by atoms with van der Waals surface area (Å²) in [7, 11) is 3.95. The third-order valence-electron chi connectivity index (χ3n) is 4.35. The van der Waals surface area contributed by atoms with E-state index in [9.17, 15) is 4.79 Å². The maximum atomic E-state index is 12.5. The largest absolute Gasteiger partial charge is 0.378 e. The van der Waals surface area contributed by atoms with Crippen molar-refractivity contribution in [1.82, 2.24) is 9.97 Å². The van der Waals surface area contributed by atoms with E-state index >= 15 is 0 Å². The predicted molar refractivity (Wildman–Crippen MR) is 110 cm³/mol. The Morgan fingerprint density at radius 1 is 0.889 bits per heavy atom. The molecule has 0 fully saturated rings. The number of nitrogens with zero attached hydrogens (tertiary/aromatic N) is 3. The fourth-order valence-corrected chi connectivity index (χ4v) is 3.02. The molecule has 134 valence electrons. The van der Waals surface area contributed by atoms with Crippen LogP contribution in [-0.2, 0) is 0 Å². The van der Waals surface area contributed by atoms with E-state index in [1.165, 1.54) is 0 Å². The van der Waals surface area contributed by atoms with Gasteiger partial charge >= 0.3 is 6.03 Å². The van der Waals surface area contributed by atoms with Gasteiger partial charge in [-0.2, -0.15) is 0 Å². The minimum Gasteiger partial charge on any atom is -0.378 e. The maximum absolute atomic E-state index is 12.5. The van der Waals surface area contributed by atoms with Crippen LogP contribution in [0.1, 0.15) is 0 Å². The van der Waals surface area contributed by atoms with Crippen LogP contribution in [0.3, 0.4) is 0 Å². The number of hydrogen-bond acceptors (Lipinski definition) is 4. The highest BCUT2D eigenvalue weighted by molar-refractivity contribution is 6.13. The number of aromatic nitrogens is 2. The quantitative estimate of drug-likeness (QED) is 0.530. The number of benzene rings is 2. The van der Waals surface area contributed by atoms with Gasteiger partial charge in [-0.25, -0.2) is 4.79 Å². The number of amides is 2. The molecule has 0 aliphatic carbocycles. The van der Waals surface area contributed by atoms with Crippen LogP contribution in [0.5, 0.6) is 0 Å². The Kier molecular flexibility index (Phi) is 4.30. The molecular formula is C21H19N5O. The lowest BCUT2D eigenvalue weighted by molar-refractivity contribution is 0.262. The van der Waals surface area contributed by atoms with E-state index in [0.717, 1.165) is 27.7 Å². The molecule has 0 atom stereocenters. The molecule has 4 aromatic rings. The molecule has 27 heavy (non-hydrogen) atoms. The zero-order chi connectivity index (χ0) is 18.8. The van der Waals surface area contributed by atoms with E-state index in [1.54, 1.807) is 12.4 Å². The fourth-order valence-electron chi connectivity index (χ4n) is 3.02. The minimum absolute atomic E-state index is 0.317. The molecule has 0 aliphatic heterocycles. The number of hydrogen-bond donors (Lipinski definition) is 2. The van der Waals surface area contributed by atoms with Crippen LogP contribution < -0.4 is 15.5 Å². The summed E-state index contributed by atoms with van der Waals surface area (Å²) in [6.45, 7) is 0. The fraction of sp³-hybridized carbons (Fsp3) is 0.0952. The van der Waals surface area contributed by atoms with Gasteiger partial charge in [0.2, 0.25) is 0 Å². The molecule has 0 aliphatic rings. The van der Waals surface area contributed by atoms with Crippen molar-refractivity contribution in [2.24, 2.45) is 0 Å². The normalized spacial score (nSPS) is 10.7. The first-order chi connectivity index (χ1) is 13.1. The van der Waals surface area contributed by atoms with E-state index in [4.69, 9.17) is 0 Å². The number of pyridine rings is 2. The van der Waals surface area contributed by atoms with Gasteiger partial charge in [0.05, 0.1) is 16.7 Å². The second kappa shape index (κ2) is 6.92. The number of carbonyl (C=O) groups is 1. The molecule has 0 radical (unpaired) electrons. The Balaban J connectivity index is 1.63. The first kappa shape index (κ1) is 16.8. The monoisotopic (exact) mass is 357 g/mol. The van der Waals surface area contributed by atoms with Crippen LogP contribution in [0, 0.1) is 0 Å². The molecule has 2 aromatic carbocycles. The lowest BCUT2D eigenvalue weighted by Crippen LogP contribution is -2.20. The molecular weight excluding hydrogens is 338 g/mol. The van der Waals surface area contributed by atoms with Gasteiger partial charge in [0.15, 0.2) is 0 Å². The van der Waals surface area contributed by atoms with Crippen molar-refractivity contribution in [3.05, 3.63) is 67.0 Å². The molecule has 2 N–H and O–H groups in total. The number of carbonyl (C=O) groups excluding carboxylic acids is 1. The predicted octanol–water partition coefficient (Wildman–Crippen LogP) is 4.49. The Bertz CT molecular complexity index is 1120. The lowest BCUT2D eigenvalue weighted by atomic mass is 10.1. The summed E-state index contributed by atoms with van der Waals surface area (Å²) in [4.78, 5) is 23.4. The first-order valence-electron chi connectivity index (χ1n) is 8.60. The van der Waals surface area contributed by atoms with Crippen LogP contribution in [-0.4, -0.2) is 30.1 Å². The van der Waals surface area contributed by atoms with Crippen molar-refractivity contribution in [2.75, 3.05) is 29.6 Å². The lowest BCUT2D eigenvalue weighted by Gasteiger charge is -2.14. The SMILES string of the molecule is CN(C)c1ccc(NC(=O)Nc2cc3cccnc3c3cccnc23)cc1. The highest BCUT2D eigenvalue weighted by atomic mass is 16.2. The zero-order valence-electron chi connectivity index (χ0n) is 15.1. The highest BCUT2D eigenvalue weighted by Gasteiger charge is 2.11. The molecule has 2 aromatic heterocycles. The second-order valence-corrected chi connectivity index (χ2v) is 6.42. The first-order valence-corrected chi connectivity index (χ1v) is 8.60. The van der Waals surface area contributed by atoms with Crippen LogP contribution in [0.4, 0.5) is 21.9 Å². The smallest absolute Gasteiger partial charge is 0.323 e. The molecule has 0 spiro atoms.